The fourth-order valence-electron chi connectivity index (χ4n) is 2.71. The lowest BCUT2D eigenvalue weighted by molar-refractivity contribution is -0.125. The molecule has 1 atom stereocenters. The molecule has 1 amide bonds. The summed E-state index contributed by atoms with van der Waals surface area (Å²) in [4.78, 5) is 12.1. The van der Waals surface area contributed by atoms with Gasteiger partial charge in [-0.3, -0.25) is 4.79 Å². The fraction of sp³-hybridized carbons (Fsp3) is 0.588. The van der Waals surface area contributed by atoms with Crippen LogP contribution in [-0.4, -0.2) is 12.0 Å². The Morgan fingerprint density at radius 2 is 1.75 bits per heavy atom. The van der Waals surface area contributed by atoms with E-state index < -0.39 is 0 Å². The Kier molecular flexibility index (Phi) is 5.05. The molecule has 2 rings (SSSR count). The van der Waals surface area contributed by atoms with Gasteiger partial charge in [0, 0.05) is 5.92 Å². The number of hydrogen-bond acceptors (Lipinski definition) is 2. The maximum atomic E-state index is 12.1. The SMILES string of the molecule is CC(C)Oc1ccc(C(C)NC(=O)C2CCCC2)cc1. The molecule has 1 unspecified atom stereocenters. The highest BCUT2D eigenvalue weighted by Crippen LogP contribution is 2.26. The van der Waals surface area contributed by atoms with Crippen LogP contribution >= 0.6 is 0 Å². The molecule has 3 heteroatoms. The van der Waals surface area contributed by atoms with Crippen molar-refractivity contribution in [3.63, 3.8) is 0 Å². The van der Waals surface area contributed by atoms with Gasteiger partial charge in [-0.1, -0.05) is 25.0 Å². The smallest absolute Gasteiger partial charge is 0.223 e. The first-order valence-electron chi connectivity index (χ1n) is 7.63. The molecule has 20 heavy (non-hydrogen) atoms. The van der Waals surface area contributed by atoms with Crippen LogP contribution in [0.1, 0.15) is 58.1 Å². The van der Waals surface area contributed by atoms with Crippen molar-refractivity contribution in [1.29, 1.82) is 0 Å². The standard InChI is InChI=1S/C17H25NO2/c1-12(2)20-16-10-8-14(9-11-16)13(3)18-17(19)15-6-4-5-7-15/h8-13,15H,4-7H2,1-3H3,(H,18,19). The van der Waals surface area contributed by atoms with Crippen LogP contribution in [0.2, 0.25) is 0 Å². The van der Waals surface area contributed by atoms with Crippen molar-refractivity contribution in [2.45, 2.75) is 58.6 Å². The van der Waals surface area contributed by atoms with Crippen molar-refractivity contribution in [2.24, 2.45) is 5.92 Å². The molecule has 1 aromatic carbocycles. The fourth-order valence-corrected chi connectivity index (χ4v) is 2.71. The highest BCUT2D eigenvalue weighted by atomic mass is 16.5. The lowest BCUT2D eigenvalue weighted by atomic mass is 10.0. The summed E-state index contributed by atoms with van der Waals surface area (Å²) in [6.45, 7) is 6.06. The van der Waals surface area contributed by atoms with E-state index in [2.05, 4.69) is 5.32 Å². The highest BCUT2D eigenvalue weighted by Gasteiger charge is 2.23. The van der Waals surface area contributed by atoms with Crippen LogP contribution in [0.25, 0.3) is 0 Å². The first-order chi connectivity index (χ1) is 9.56. The normalized spacial score (nSPS) is 17.2. The van der Waals surface area contributed by atoms with Gasteiger partial charge in [0.15, 0.2) is 0 Å². The van der Waals surface area contributed by atoms with Gasteiger partial charge in [0.25, 0.3) is 0 Å². The Morgan fingerprint density at radius 3 is 2.30 bits per heavy atom. The van der Waals surface area contributed by atoms with E-state index in [9.17, 15) is 4.79 Å². The zero-order valence-electron chi connectivity index (χ0n) is 12.7. The molecule has 1 aliphatic carbocycles. The van der Waals surface area contributed by atoms with Crippen molar-refractivity contribution in [1.82, 2.24) is 5.32 Å². The zero-order valence-corrected chi connectivity index (χ0v) is 12.7. The maximum absolute atomic E-state index is 12.1. The topological polar surface area (TPSA) is 38.3 Å². The number of carbonyl (C=O) groups excluding carboxylic acids is 1. The predicted octanol–water partition coefficient (Wildman–Crippen LogP) is 3.84. The maximum Gasteiger partial charge on any atom is 0.223 e. The monoisotopic (exact) mass is 275 g/mol. The third kappa shape index (κ3) is 3.99. The van der Waals surface area contributed by atoms with Crippen molar-refractivity contribution in [2.75, 3.05) is 0 Å². The average molecular weight is 275 g/mol. The molecule has 0 aliphatic heterocycles. The van der Waals surface area contributed by atoms with E-state index >= 15 is 0 Å². The number of rotatable bonds is 5. The molecule has 1 N–H and O–H groups in total. The Hall–Kier alpha value is -1.51. The van der Waals surface area contributed by atoms with Gasteiger partial charge in [-0.05, 0) is 51.3 Å². The van der Waals surface area contributed by atoms with Crippen LogP contribution in [0, 0.1) is 5.92 Å². The van der Waals surface area contributed by atoms with E-state index in [1.54, 1.807) is 0 Å². The number of ether oxygens (including phenoxy) is 1. The lowest BCUT2D eigenvalue weighted by Crippen LogP contribution is -2.31. The Balaban J connectivity index is 1.91. The number of nitrogens with one attached hydrogen (secondary N) is 1. The summed E-state index contributed by atoms with van der Waals surface area (Å²) in [5.41, 5.74) is 1.12. The van der Waals surface area contributed by atoms with Gasteiger partial charge in [-0.25, -0.2) is 0 Å². The molecule has 1 saturated carbocycles. The minimum Gasteiger partial charge on any atom is -0.491 e. The Labute approximate surface area is 121 Å². The van der Waals surface area contributed by atoms with Gasteiger partial charge < -0.3 is 10.1 Å². The molecule has 1 aromatic rings. The van der Waals surface area contributed by atoms with Gasteiger partial charge in [0.1, 0.15) is 5.75 Å². The van der Waals surface area contributed by atoms with E-state index in [0.717, 1.165) is 24.2 Å². The first-order valence-corrected chi connectivity index (χ1v) is 7.63. The van der Waals surface area contributed by atoms with Crippen molar-refractivity contribution < 1.29 is 9.53 Å². The molecule has 1 aliphatic rings. The minimum absolute atomic E-state index is 0.0520. The van der Waals surface area contributed by atoms with Crippen molar-refractivity contribution in [3.8, 4) is 5.75 Å². The largest absolute Gasteiger partial charge is 0.491 e. The molecule has 0 aromatic heterocycles. The first kappa shape index (κ1) is 14.9. The average Bonchev–Trinajstić information content (AvgIpc) is 2.92. The van der Waals surface area contributed by atoms with E-state index in [0.29, 0.717) is 0 Å². The minimum atomic E-state index is 0.0520. The third-order valence-corrected chi connectivity index (χ3v) is 3.84. The van der Waals surface area contributed by atoms with E-state index in [4.69, 9.17) is 4.74 Å². The molecule has 0 radical (unpaired) electrons. The van der Waals surface area contributed by atoms with Gasteiger partial charge in [-0.15, -0.1) is 0 Å². The van der Waals surface area contributed by atoms with Gasteiger partial charge in [0.2, 0.25) is 5.91 Å². The van der Waals surface area contributed by atoms with Crippen LogP contribution in [0.15, 0.2) is 24.3 Å². The van der Waals surface area contributed by atoms with Crippen LogP contribution in [-0.2, 0) is 4.79 Å². The second-order valence-corrected chi connectivity index (χ2v) is 5.95. The van der Waals surface area contributed by atoms with Gasteiger partial charge in [0.05, 0.1) is 12.1 Å². The van der Waals surface area contributed by atoms with Crippen LogP contribution < -0.4 is 10.1 Å². The summed E-state index contributed by atoms with van der Waals surface area (Å²) in [6, 6.07) is 8.03. The van der Waals surface area contributed by atoms with E-state index in [1.165, 1.54) is 12.8 Å². The molecule has 1 fully saturated rings. The summed E-state index contributed by atoms with van der Waals surface area (Å²) in [6.07, 6.45) is 4.64. The highest BCUT2D eigenvalue weighted by molar-refractivity contribution is 5.79. The summed E-state index contributed by atoms with van der Waals surface area (Å²) < 4.78 is 5.62. The Morgan fingerprint density at radius 1 is 1.15 bits per heavy atom. The molecule has 3 nitrogen and oxygen atoms in total. The quantitative estimate of drug-likeness (QED) is 0.886. The lowest BCUT2D eigenvalue weighted by Gasteiger charge is -2.18. The van der Waals surface area contributed by atoms with Gasteiger partial charge in [-0.2, -0.15) is 0 Å². The Bertz CT molecular complexity index is 433. The summed E-state index contributed by atoms with van der Waals surface area (Å²) >= 11 is 0. The van der Waals surface area contributed by atoms with Crippen LogP contribution in [0.3, 0.4) is 0 Å². The molecule has 110 valence electrons. The summed E-state index contributed by atoms with van der Waals surface area (Å²) in [7, 11) is 0. The predicted molar refractivity (Wildman–Crippen MR) is 80.7 cm³/mol. The second-order valence-electron chi connectivity index (χ2n) is 5.95. The van der Waals surface area contributed by atoms with Crippen LogP contribution in [0.5, 0.6) is 5.75 Å². The number of amides is 1. The number of carbonyl (C=O) groups is 1. The molecule has 0 bridgehead atoms. The van der Waals surface area contributed by atoms with Gasteiger partial charge >= 0.3 is 0 Å². The van der Waals surface area contributed by atoms with Crippen molar-refractivity contribution in [3.05, 3.63) is 29.8 Å². The van der Waals surface area contributed by atoms with E-state index in [1.807, 2.05) is 45.0 Å². The molecular weight excluding hydrogens is 250 g/mol. The van der Waals surface area contributed by atoms with E-state index in [-0.39, 0.29) is 24.0 Å². The number of benzene rings is 1. The summed E-state index contributed by atoms with van der Waals surface area (Å²) in [5.74, 6) is 1.30. The molecule has 0 spiro atoms. The third-order valence-electron chi connectivity index (χ3n) is 3.84. The summed E-state index contributed by atoms with van der Waals surface area (Å²) in [5, 5.41) is 3.12. The molecule has 0 saturated heterocycles. The second kappa shape index (κ2) is 6.78. The molecule has 0 heterocycles. The van der Waals surface area contributed by atoms with Crippen molar-refractivity contribution >= 4 is 5.91 Å². The zero-order chi connectivity index (χ0) is 14.5. The van der Waals surface area contributed by atoms with Crippen LogP contribution in [0.4, 0.5) is 0 Å². The number of hydrogen-bond donors (Lipinski definition) is 1. The molecular formula is C17H25NO2.